The minimum atomic E-state index is -1.43. The Morgan fingerprint density at radius 3 is 2.89 bits per heavy atom. The molecule has 0 radical (unpaired) electrons. The van der Waals surface area contributed by atoms with Gasteiger partial charge in [0.2, 0.25) is 5.91 Å². The Hall–Kier alpha value is -2.22. The van der Waals surface area contributed by atoms with Gasteiger partial charge in [0.05, 0.1) is 10.9 Å². The molecule has 3 N–H and O–H groups in total. The van der Waals surface area contributed by atoms with E-state index in [4.69, 9.17) is 23.2 Å². The number of carbonyl (C=O) groups excluding carboxylic acids is 2. The number of amides is 2. The number of amidine groups is 1. The summed E-state index contributed by atoms with van der Waals surface area (Å²) in [5, 5.41) is 8.76. The highest BCUT2D eigenvalue weighted by Crippen LogP contribution is 2.51. The molecular weight excluding hydrogens is 406 g/mol. The van der Waals surface area contributed by atoms with Gasteiger partial charge in [-0.3, -0.25) is 14.9 Å². The van der Waals surface area contributed by atoms with Crippen molar-refractivity contribution >= 4 is 40.9 Å². The maximum absolute atomic E-state index is 15.0. The van der Waals surface area contributed by atoms with Crippen LogP contribution in [0.1, 0.15) is 18.4 Å². The Labute approximate surface area is 170 Å². The van der Waals surface area contributed by atoms with Crippen molar-refractivity contribution in [3.63, 3.8) is 0 Å². The summed E-state index contributed by atoms with van der Waals surface area (Å²) >= 11 is 12.0. The maximum Gasteiger partial charge on any atom is 0.251 e. The van der Waals surface area contributed by atoms with E-state index in [0.29, 0.717) is 12.1 Å². The first-order valence-corrected chi connectivity index (χ1v) is 9.48. The molecule has 0 aliphatic carbocycles. The van der Waals surface area contributed by atoms with Crippen molar-refractivity contribution < 1.29 is 14.0 Å². The van der Waals surface area contributed by atoms with Gasteiger partial charge in [-0.2, -0.15) is 0 Å². The number of aliphatic imine (C=N–C) groups is 1. The summed E-state index contributed by atoms with van der Waals surface area (Å²) in [6.45, 7) is 6.07. The molecule has 0 saturated carbocycles. The van der Waals surface area contributed by atoms with Crippen molar-refractivity contribution in [3.8, 4) is 0 Å². The Balaban J connectivity index is 1.91. The molecule has 3 aliphatic rings. The van der Waals surface area contributed by atoms with Crippen molar-refractivity contribution in [1.29, 1.82) is 0 Å². The Bertz CT molecular complexity index is 977. The Kier molecular flexibility index (Phi) is 4.56. The number of rotatable bonds is 2. The number of benzene rings is 1. The van der Waals surface area contributed by atoms with Crippen LogP contribution in [0.3, 0.4) is 0 Å². The zero-order valence-electron chi connectivity index (χ0n) is 14.9. The van der Waals surface area contributed by atoms with Gasteiger partial charge in [0.1, 0.15) is 22.3 Å². The van der Waals surface area contributed by atoms with Crippen LogP contribution in [0.15, 0.2) is 46.6 Å². The van der Waals surface area contributed by atoms with Gasteiger partial charge >= 0.3 is 0 Å². The molecule has 1 spiro atoms. The van der Waals surface area contributed by atoms with Crippen LogP contribution < -0.4 is 16.0 Å². The predicted octanol–water partition coefficient (Wildman–Crippen LogP) is 2.20. The van der Waals surface area contributed by atoms with Crippen molar-refractivity contribution in [2.24, 2.45) is 10.9 Å². The molecule has 4 rings (SSSR count). The fourth-order valence-electron chi connectivity index (χ4n) is 4.36. The van der Waals surface area contributed by atoms with Crippen molar-refractivity contribution in [2.75, 3.05) is 6.54 Å². The standard InChI is InChI=1S/C19H17Cl2FN4O2/c1-3-12(21)24-16-8(2)19(18(28)25-16)14(9-5-4-6-10(20)15(9)22)13-11(26-19)7-23-17(13)27/h3-6,11,13-14,26H,2,7H2,1H3,(H,23,27)(H,24,25,28)/b12-3-/t11-,13+,14-,19-/m0/s1. The molecule has 0 aromatic heterocycles. The molecular formula is C19H17Cl2FN4O2. The van der Waals surface area contributed by atoms with E-state index in [-0.39, 0.29) is 33.5 Å². The summed E-state index contributed by atoms with van der Waals surface area (Å²) in [7, 11) is 0. The third-order valence-electron chi connectivity index (χ3n) is 5.60. The second-order valence-corrected chi connectivity index (χ2v) is 7.75. The highest BCUT2D eigenvalue weighted by atomic mass is 35.5. The monoisotopic (exact) mass is 422 g/mol. The van der Waals surface area contributed by atoms with Crippen LogP contribution in [0.2, 0.25) is 5.02 Å². The predicted molar refractivity (Wildman–Crippen MR) is 105 cm³/mol. The van der Waals surface area contributed by atoms with Gasteiger partial charge in [-0.1, -0.05) is 48.0 Å². The first-order chi connectivity index (χ1) is 13.3. The number of fused-ring (bicyclic) bond motifs is 1. The van der Waals surface area contributed by atoms with E-state index in [9.17, 15) is 14.0 Å². The third kappa shape index (κ3) is 2.53. The number of nitrogens with one attached hydrogen (secondary N) is 3. The number of hydrogen-bond donors (Lipinski definition) is 3. The Morgan fingerprint density at radius 2 is 2.18 bits per heavy atom. The van der Waals surface area contributed by atoms with Gasteiger partial charge < -0.3 is 10.6 Å². The fraction of sp³-hybridized carbons (Fsp3) is 0.316. The molecule has 2 amide bonds. The lowest BCUT2D eigenvalue weighted by atomic mass is 9.72. The van der Waals surface area contributed by atoms with Crippen LogP contribution in [-0.4, -0.2) is 35.8 Å². The Morgan fingerprint density at radius 1 is 1.43 bits per heavy atom. The molecule has 3 heterocycles. The first kappa shape index (κ1) is 19.1. The number of halogens is 3. The summed E-state index contributed by atoms with van der Waals surface area (Å²) in [6.07, 6.45) is 1.57. The molecule has 9 heteroatoms. The largest absolute Gasteiger partial charge is 0.354 e. The molecule has 3 aliphatic heterocycles. The molecule has 3 saturated heterocycles. The number of carbonyl (C=O) groups is 2. The number of nitrogens with zero attached hydrogens (tertiary/aromatic N) is 1. The normalized spacial score (nSPS) is 33.6. The van der Waals surface area contributed by atoms with E-state index in [0.717, 1.165) is 0 Å². The lowest BCUT2D eigenvalue weighted by Gasteiger charge is -2.32. The minimum Gasteiger partial charge on any atom is -0.354 e. The van der Waals surface area contributed by atoms with Crippen molar-refractivity contribution in [3.05, 3.63) is 58.0 Å². The molecule has 4 atom stereocenters. The van der Waals surface area contributed by atoms with Gasteiger partial charge in [-0.15, -0.1) is 0 Å². The van der Waals surface area contributed by atoms with Gasteiger partial charge in [0.25, 0.3) is 5.91 Å². The van der Waals surface area contributed by atoms with Crippen molar-refractivity contribution in [1.82, 2.24) is 16.0 Å². The van der Waals surface area contributed by atoms with Gasteiger partial charge in [0, 0.05) is 24.1 Å². The quantitative estimate of drug-likeness (QED) is 0.638. The summed E-state index contributed by atoms with van der Waals surface area (Å²) < 4.78 is 15.0. The number of hydrogen-bond acceptors (Lipinski definition) is 4. The average molecular weight is 423 g/mol. The number of allylic oxidation sites excluding steroid dienone is 1. The topological polar surface area (TPSA) is 82.6 Å². The lowest BCUT2D eigenvalue weighted by molar-refractivity contribution is -0.125. The molecule has 0 unspecified atom stereocenters. The summed E-state index contributed by atoms with van der Waals surface area (Å²) in [4.78, 5) is 29.9. The second kappa shape index (κ2) is 6.69. The van der Waals surface area contributed by atoms with Crippen LogP contribution in [0.5, 0.6) is 0 Å². The van der Waals surface area contributed by atoms with E-state index in [1.165, 1.54) is 12.1 Å². The van der Waals surface area contributed by atoms with E-state index < -0.39 is 29.1 Å². The molecule has 28 heavy (non-hydrogen) atoms. The third-order valence-corrected chi connectivity index (χ3v) is 6.19. The molecule has 1 aromatic carbocycles. The molecule has 6 nitrogen and oxygen atoms in total. The highest BCUT2D eigenvalue weighted by Gasteiger charge is 2.66. The first-order valence-electron chi connectivity index (χ1n) is 8.72. The van der Waals surface area contributed by atoms with Crippen LogP contribution in [0.25, 0.3) is 0 Å². The van der Waals surface area contributed by atoms with Gasteiger partial charge in [0.15, 0.2) is 0 Å². The zero-order chi connectivity index (χ0) is 20.2. The maximum atomic E-state index is 15.0. The summed E-state index contributed by atoms with van der Waals surface area (Å²) in [5.74, 6) is -2.68. The van der Waals surface area contributed by atoms with Crippen LogP contribution in [-0.2, 0) is 9.59 Å². The van der Waals surface area contributed by atoms with E-state index >= 15 is 0 Å². The van der Waals surface area contributed by atoms with Crippen molar-refractivity contribution in [2.45, 2.75) is 24.4 Å². The van der Waals surface area contributed by atoms with Crippen LogP contribution >= 0.6 is 23.2 Å². The lowest BCUT2D eigenvalue weighted by Crippen LogP contribution is -2.54. The van der Waals surface area contributed by atoms with E-state index in [2.05, 4.69) is 27.5 Å². The van der Waals surface area contributed by atoms with E-state index in [1.54, 1.807) is 19.1 Å². The molecule has 0 bridgehead atoms. The molecule has 146 valence electrons. The highest BCUT2D eigenvalue weighted by molar-refractivity contribution is 6.32. The molecule has 1 aromatic rings. The van der Waals surface area contributed by atoms with E-state index in [1.807, 2.05) is 0 Å². The smallest absolute Gasteiger partial charge is 0.251 e. The van der Waals surface area contributed by atoms with Gasteiger partial charge in [-0.25, -0.2) is 9.38 Å². The van der Waals surface area contributed by atoms with Crippen LogP contribution in [0.4, 0.5) is 4.39 Å². The van der Waals surface area contributed by atoms with Gasteiger partial charge in [-0.05, 0) is 18.6 Å². The SMILES string of the molecule is C=C1/C(=N\C(Cl)=C/C)NC(=O)[C@]12N[C@H]1CNC(=O)[C@H]1[C@@H]2c1cccc(Cl)c1F. The minimum absolute atomic E-state index is 0.0793. The summed E-state index contributed by atoms with van der Waals surface area (Å²) in [6, 6.07) is 4.19. The second-order valence-electron chi connectivity index (χ2n) is 6.95. The van der Waals surface area contributed by atoms with Crippen LogP contribution in [0, 0.1) is 11.7 Å². The average Bonchev–Trinajstić information content (AvgIpc) is 3.27. The summed E-state index contributed by atoms with van der Waals surface area (Å²) in [5.41, 5.74) is -0.939. The fourth-order valence-corrected chi connectivity index (χ4v) is 4.62. The molecule has 3 fully saturated rings. The zero-order valence-corrected chi connectivity index (χ0v) is 16.4.